The van der Waals surface area contributed by atoms with E-state index in [1.807, 2.05) is 6.92 Å². The van der Waals surface area contributed by atoms with Gasteiger partial charge in [-0.3, -0.25) is 4.79 Å². The van der Waals surface area contributed by atoms with E-state index in [-0.39, 0.29) is 24.1 Å². The molecule has 1 aromatic carbocycles. The molecular weight excluding hydrogens is 322 g/mol. The van der Waals surface area contributed by atoms with Gasteiger partial charge in [0, 0.05) is 12.5 Å². The maximum Gasteiger partial charge on any atom is 0.221 e. The van der Waals surface area contributed by atoms with Gasteiger partial charge in [-0.05, 0) is 63.0 Å². The molecule has 2 aliphatic carbocycles. The highest BCUT2D eigenvalue weighted by Gasteiger charge is 2.42. The Labute approximate surface area is 145 Å². The fraction of sp³-hybridized carbons (Fsp3) is 0.632. The van der Waals surface area contributed by atoms with Gasteiger partial charge >= 0.3 is 0 Å². The number of rotatable bonds is 6. The van der Waals surface area contributed by atoms with Crippen LogP contribution < -0.4 is 5.32 Å². The van der Waals surface area contributed by atoms with Crippen LogP contribution >= 0.6 is 0 Å². The Morgan fingerprint density at radius 3 is 2.50 bits per heavy atom. The van der Waals surface area contributed by atoms with Crippen molar-refractivity contribution < 1.29 is 13.2 Å². The smallest absolute Gasteiger partial charge is 0.221 e. The minimum atomic E-state index is -3.40. The van der Waals surface area contributed by atoms with Crippen LogP contribution in [0.5, 0.6) is 0 Å². The number of sulfone groups is 1. The van der Waals surface area contributed by atoms with Gasteiger partial charge in [0.25, 0.3) is 0 Å². The van der Waals surface area contributed by atoms with Crippen LogP contribution in [0.25, 0.3) is 0 Å². The highest BCUT2D eigenvalue weighted by Crippen LogP contribution is 2.49. The number of amides is 1. The molecule has 2 fully saturated rings. The van der Waals surface area contributed by atoms with Crippen molar-refractivity contribution in [3.8, 4) is 0 Å². The first kappa shape index (κ1) is 17.5. The summed E-state index contributed by atoms with van der Waals surface area (Å²) in [6.07, 6.45) is 5.19. The Hall–Kier alpha value is -1.36. The van der Waals surface area contributed by atoms with Crippen LogP contribution in [0.1, 0.15) is 44.6 Å². The molecular formula is C19H27NO3S. The predicted octanol–water partition coefficient (Wildman–Crippen LogP) is 3.10. The molecule has 24 heavy (non-hydrogen) atoms. The third-order valence-electron chi connectivity index (χ3n) is 5.80. The van der Waals surface area contributed by atoms with Crippen LogP contribution in [0.4, 0.5) is 0 Å². The molecule has 1 aromatic rings. The lowest BCUT2D eigenvalue weighted by atomic mass is 9.84. The van der Waals surface area contributed by atoms with Crippen LogP contribution in [-0.4, -0.2) is 26.1 Å². The largest absolute Gasteiger partial charge is 0.353 e. The molecule has 4 atom stereocenters. The molecule has 0 aliphatic heterocycles. The Kier molecular flexibility index (Phi) is 5.00. The van der Waals surface area contributed by atoms with E-state index in [9.17, 15) is 13.2 Å². The summed E-state index contributed by atoms with van der Waals surface area (Å²) < 4.78 is 24.6. The summed E-state index contributed by atoms with van der Waals surface area (Å²) in [6, 6.07) is 6.93. The molecule has 4 nitrogen and oxygen atoms in total. The first-order valence-electron chi connectivity index (χ1n) is 8.94. The summed E-state index contributed by atoms with van der Waals surface area (Å²) in [5.74, 6) is 1.89. The van der Waals surface area contributed by atoms with E-state index in [0.717, 1.165) is 17.4 Å². The topological polar surface area (TPSA) is 63.2 Å². The maximum atomic E-state index is 12.3. The molecule has 0 unspecified atom stereocenters. The Balaban J connectivity index is 1.51. The predicted molar refractivity (Wildman–Crippen MR) is 94.4 cm³/mol. The number of fused-ring (bicyclic) bond motifs is 2. The molecule has 0 heterocycles. The van der Waals surface area contributed by atoms with Crippen LogP contribution in [0.15, 0.2) is 29.2 Å². The van der Waals surface area contributed by atoms with Crippen LogP contribution in [0.2, 0.25) is 0 Å². The summed E-state index contributed by atoms with van der Waals surface area (Å²) in [5, 5.41) is 3.04. The van der Waals surface area contributed by atoms with Crippen molar-refractivity contribution in [2.45, 2.75) is 56.9 Å². The quantitative estimate of drug-likeness (QED) is 0.858. The van der Waals surface area contributed by atoms with Crippen molar-refractivity contribution in [2.24, 2.45) is 17.8 Å². The molecule has 2 saturated carbocycles. The Morgan fingerprint density at radius 1 is 1.21 bits per heavy atom. The number of hydrogen-bond donors (Lipinski definition) is 1. The SMILES string of the molecule is Cc1ccc(S(=O)(=O)CCC(=O)N[C@@H](C)[C@H]2C[C@H]3CC[C@H]2C3)cc1. The second-order valence-electron chi connectivity index (χ2n) is 7.58. The second-order valence-corrected chi connectivity index (χ2v) is 9.69. The minimum Gasteiger partial charge on any atom is -0.353 e. The van der Waals surface area contributed by atoms with Crippen molar-refractivity contribution >= 4 is 15.7 Å². The average Bonchev–Trinajstić information content (AvgIpc) is 3.16. The number of benzene rings is 1. The lowest BCUT2D eigenvalue weighted by Crippen LogP contribution is -2.40. The summed E-state index contributed by atoms with van der Waals surface area (Å²) in [7, 11) is -3.40. The standard InChI is InChI=1S/C19H27NO3S/c1-13-3-7-17(8-4-13)24(22,23)10-9-19(21)20-14(2)18-12-15-5-6-16(18)11-15/h3-4,7-8,14-16,18H,5-6,9-12H2,1-2H3,(H,20,21)/t14-,15-,16-,18+/m0/s1. The van der Waals surface area contributed by atoms with Gasteiger partial charge in [0.2, 0.25) is 5.91 Å². The van der Waals surface area contributed by atoms with E-state index >= 15 is 0 Å². The van der Waals surface area contributed by atoms with Crippen molar-refractivity contribution in [1.29, 1.82) is 0 Å². The number of carbonyl (C=O) groups excluding carboxylic acids is 1. The van der Waals surface area contributed by atoms with E-state index in [4.69, 9.17) is 0 Å². The second kappa shape index (κ2) is 6.87. The summed E-state index contributed by atoms with van der Waals surface area (Å²) >= 11 is 0. The summed E-state index contributed by atoms with van der Waals surface area (Å²) in [6.45, 7) is 3.98. The molecule has 2 aliphatic rings. The first-order chi connectivity index (χ1) is 11.3. The molecule has 5 heteroatoms. The number of hydrogen-bond acceptors (Lipinski definition) is 3. The third-order valence-corrected chi connectivity index (χ3v) is 7.53. The zero-order chi connectivity index (χ0) is 17.3. The summed E-state index contributed by atoms with van der Waals surface area (Å²) in [5.41, 5.74) is 1.02. The average molecular weight is 349 g/mol. The zero-order valence-electron chi connectivity index (χ0n) is 14.5. The summed E-state index contributed by atoms with van der Waals surface area (Å²) in [4.78, 5) is 12.5. The monoisotopic (exact) mass is 349 g/mol. The van der Waals surface area contributed by atoms with Gasteiger partial charge < -0.3 is 5.32 Å². The van der Waals surface area contributed by atoms with E-state index < -0.39 is 9.84 Å². The van der Waals surface area contributed by atoms with E-state index in [1.165, 1.54) is 25.7 Å². The highest BCUT2D eigenvalue weighted by molar-refractivity contribution is 7.91. The molecule has 2 bridgehead atoms. The molecule has 0 saturated heterocycles. The number of aryl methyl sites for hydroxylation is 1. The minimum absolute atomic E-state index is 0.0291. The fourth-order valence-corrected chi connectivity index (χ4v) is 5.67. The van der Waals surface area contributed by atoms with E-state index in [1.54, 1.807) is 24.3 Å². The lowest BCUT2D eigenvalue weighted by molar-refractivity contribution is -0.121. The van der Waals surface area contributed by atoms with Crippen molar-refractivity contribution in [3.05, 3.63) is 29.8 Å². The molecule has 0 spiro atoms. The van der Waals surface area contributed by atoms with Gasteiger partial charge in [-0.2, -0.15) is 0 Å². The van der Waals surface area contributed by atoms with Gasteiger partial charge in [-0.1, -0.05) is 24.1 Å². The molecule has 0 aromatic heterocycles. The number of carbonyl (C=O) groups is 1. The normalized spacial score (nSPS) is 27.2. The molecule has 132 valence electrons. The highest BCUT2D eigenvalue weighted by atomic mass is 32.2. The molecule has 1 amide bonds. The van der Waals surface area contributed by atoms with Crippen molar-refractivity contribution in [1.82, 2.24) is 5.32 Å². The Morgan fingerprint density at radius 2 is 1.92 bits per heavy atom. The van der Waals surface area contributed by atoms with Crippen molar-refractivity contribution in [2.75, 3.05) is 5.75 Å². The maximum absolute atomic E-state index is 12.3. The fourth-order valence-electron chi connectivity index (χ4n) is 4.43. The van der Waals surface area contributed by atoms with E-state index in [2.05, 4.69) is 12.2 Å². The van der Waals surface area contributed by atoms with Gasteiger partial charge in [-0.15, -0.1) is 0 Å². The van der Waals surface area contributed by atoms with Gasteiger partial charge in [0.1, 0.15) is 0 Å². The molecule has 3 rings (SSSR count). The van der Waals surface area contributed by atoms with E-state index in [0.29, 0.717) is 10.8 Å². The molecule has 1 N–H and O–H groups in total. The van der Waals surface area contributed by atoms with Gasteiger partial charge in [0.15, 0.2) is 9.84 Å². The zero-order valence-corrected chi connectivity index (χ0v) is 15.3. The third kappa shape index (κ3) is 3.82. The van der Waals surface area contributed by atoms with Gasteiger partial charge in [-0.25, -0.2) is 8.42 Å². The molecule has 0 radical (unpaired) electrons. The number of nitrogens with one attached hydrogen (secondary N) is 1. The van der Waals surface area contributed by atoms with Crippen LogP contribution in [0, 0.1) is 24.7 Å². The first-order valence-corrected chi connectivity index (χ1v) is 10.6. The van der Waals surface area contributed by atoms with Crippen LogP contribution in [-0.2, 0) is 14.6 Å². The lowest BCUT2D eigenvalue weighted by Gasteiger charge is -2.28. The van der Waals surface area contributed by atoms with Gasteiger partial charge in [0.05, 0.1) is 10.6 Å². The Bertz CT molecular complexity index is 696. The van der Waals surface area contributed by atoms with Crippen LogP contribution in [0.3, 0.4) is 0 Å². The van der Waals surface area contributed by atoms with Crippen molar-refractivity contribution in [3.63, 3.8) is 0 Å².